The zero-order valence-corrected chi connectivity index (χ0v) is 15.8. The molecule has 0 N–H and O–H groups in total. The first-order valence-electron chi connectivity index (χ1n) is 7.97. The topological polar surface area (TPSA) is 47.4 Å². The maximum absolute atomic E-state index is 13.7. The standard InChI is InChI=1S/C17H21BrFN3O2/c1-10-8-21(16(23)24-17(2,3)4)9-14(10)22-13-7-11(19)5-6-12(13)15(18)20-22/h5-7,10,14H,8-9H2,1-4H3/t10-,14+/m1/s1. The molecule has 5 nitrogen and oxygen atoms in total. The van der Waals surface area contributed by atoms with E-state index in [-0.39, 0.29) is 23.9 Å². The van der Waals surface area contributed by atoms with Crippen molar-refractivity contribution in [2.45, 2.75) is 39.3 Å². The Labute approximate surface area is 148 Å². The molecule has 0 saturated carbocycles. The molecule has 2 heterocycles. The van der Waals surface area contributed by atoms with Crippen LogP contribution in [0.3, 0.4) is 0 Å². The molecule has 0 spiro atoms. The molecule has 130 valence electrons. The van der Waals surface area contributed by atoms with Crippen LogP contribution in [-0.4, -0.2) is 39.5 Å². The summed E-state index contributed by atoms with van der Waals surface area (Å²) in [7, 11) is 0. The van der Waals surface area contributed by atoms with E-state index < -0.39 is 5.60 Å². The van der Waals surface area contributed by atoms with E-state index >= 15 is 0 Å². The van der Waals surface area contributed by atoms with E-state index in [4.69, 9.17) is 4.74 Å². The number of benzene rings is 1. The van der Waals surface area contributed by atoms with Crippen molar-refractivity contribution in [3.05, 3.63) is 28.6 Å². The van der Waals surface area contributed by atoms with Crippen molar-refractivity contribution in [2.75, 3.05) is 13.1 Å². The molecule has 3 rings (SSSR count). The van der Waals surface area contributed by atoms with Gasteiger partial charge in [0.25, 0.3) is 0 Å². The Morgan fingerprint density at radius 3 is 2.75 bits per heavy atom. The van der Waals surface area contributed by atoms with Gasteiger partial charge in [-0.15, -0.1) is 0 Å². The molecule has 1 aromatic carbocycles. The highest BCUT2D eigenvalue weighted by Crippen LogP contribution is 2.33. The van der Waals surface area contributed by atoms with Gasteiger partial charge in [-0.3, -0.25) is 4.68 Å². The van der Waals surface area contributed by atoms with Gasteiger partial charge in [0, 0.05) is 18.5 Å². The molecular weight excluding hydrogens is 377 g/mol. The number of likely N-dealkylation sites (tertiary alicyclic amines) is 1. The average Bonchev–Trinajstić information content (AvgIpc) is 2.98. The Morgan fingerprint density at radius 2 is 2.08 bits per heavy atom. The summed E-state index contributed by atoms with van der Waals surface area (Å²) in [4.78, 5) is 14.0. The van der Waals surface area contributed by atoms with Crippen LogP contribution in [0.5, 0.6) is 0 Å². The minimum atomic E-state index is -0.525. The summed E-state index contributed by atoms with van der Waals surface area (Å²) in [5.41, 5.74) is 0.202. The van der Waals surface area contributed by atoms with Crippen LogP contribution in [0.4, 0.5) is 9.18 Å². The predicted molar refractivity (Wildman–Crippen MR) is 93.4 cm³/mol. The molecule has 0 unspecified atom stereocenters. The van der Waals surface area contributed by atoms with Crippen molar-refractivity contribution in [1.82, 2.24) is 14.7 Å². The third-order valence-corrected chi connectivity index (χ3v) is 4.75. The largest absolute Gasteiger partial charge is 0.444 e. The van der Waals surface area contributed by atoms with Gasteiger partial charge in [-0.25, -0.2) is 9.18 Å². The van der Waals surface area contributed by atoms with Crippen molar-refractivity contribution in [3.63, 3.8) is 0 Å². The molecule has 1 fully saturated rings. The third kappa shape index (κ3) is 3.27. The molecule has 1 aromatic heterocycles. The monoisotopic (exact) mass is 397 g/mol. The minimum absolute atomic E-state index is 0.0203. The number of amides is 1. The smallest absolute Gasteiger partial charge is 0.410 e. The number of hydrogen-bond donors (Lipinski definition) is 0. The zero-order valence-electron chi connectivity index (χ0n) is 14.2. The average molecular weight is 398 g/mol. The number of carbonyl (C=O) groups is 1. The van der Waals surface area contributed by atoms with Crippen LogP contribution in [0.1, 0.15) is 33.7 Å². The lowest BCUT2D eigenvalue weighted by molar-refractivity contribution is 0.0285. The van der Waals surface area contributed by atoms with Crippen molar-refractivity contribution in [3.8, 4) is 0 Å². The van der Waals surface area contributed by atoms with Crippen LogP contribution >= 0.6 is 15.9 Å². The number of aromatic nitrogens is 2. The lowest BCUT2D eigenvalue weighted by Gasteiger charge is -2.24. The van der Waals surface area contributed by atoms with Gasteiger partial charge in [-0.05, 0) is 60.8 Å². The van der Waals surface area contributed by atoms with Crippen LogP contribution in [-0.2, 0) is 4.74 Å². The molecule has 1 aliphatic rings. The molecule has 7 heteroatoms. The first-order chi connectivity index (χ1) is 11.2. The number of carbonyl (C=O) groups excluding carboxylic acids is 1. The molecule has 1 saturated heterocycles. The Kier molecular flexibility index (Phi) is 4.32. The second-order valence-corrected chi connectivity index (χ2v) is 8.08. The fourth-order valence-corrected chi connectivity index (χ4v) is 3.57. The van der Waals surface area contributed by atoms with Crippen LogP contribution in [0.15, 0.2) is 22.8 Å². The lowest BCUT2D eigenvalue weighted by atomic mass is 10.1. The van der Waals surface area contributed by atoms with Gasteiger partial charge in [0.15, 0.2) is 0 Å². The summed E-state index contributed by atoms with van der Waals surface area (Å²) < 4.78 is 21.6. The van der Waals surface area contributed by atoms with Gasteiger partial charge >= 0.3 is 6.09 Å². The van der Waals surface area contributed by atoms with E-state index in [1.165, 1.54) is 12.1 Å². The van der Waals surface area contributed by atoms with Crippen molar-refractivity contribution >= 4 is 32.9 Å². The molecule has 1 aliphatic heterocycles. The number of fused-ring (bicyclic) bond motifs is 1. The van der Waals surface area contributed by atoms with E-state index in [1.54, 1.807) is 11.0 Å². The molecule has 0 aliphatic carbocycles. The maximum atomic E-state index is 13.7. The molecule has 2 aromatic rings. The van der Waals surface area contributed by atoms with Crippen molar-refractivity contribution in [2.24, 2.45) is 5.92 Å². The van der Waals surface area contributed by atoms with Crippen LogP contribution < -0.4 is 0 Å². The van der Waals surface area contributed by atoms with Gasteiger partial charge in [0.1, 0.15) is 16.0 Å². The second kappa shape index (κ2) is 6.02. The van der Waals surface area contributed by atoms with E-state index in [2.05, 4.69) is 28.0 Å². The van der Waals surface area contributed by atoms with Crippen LogP contribution in [0.2, 0.25) is 0 Å². The first kappa shape index (κ1) is 17.2. The van der Waals surface area contributed by atoms with Gasteiger partial charge in [-0.2, -0.15) is 5.10 Å². The van der Waals surface area contributed by atoms with Crippen LogP contribution in [0.25, 0.3) is 10.9 Å². The van der Waals surface area contributed by atoms with Gasteiger partial charge in [-0.1, -0.05) is 6.92 Å². The van der Waals surface area contributed by atoms with Gasteiger partial charge < -0.3 is 9.64 Å². The Bertz CT molecular complexity index is 784. The molecule has 0 radical (unpaired) electrons. The quantitative estimate of drug-likeness (QED) is 0.717. The molecule has 24 heavy (non-hydrogen) atoms. The normalized spacial score (nSPS) is 21.5. The molecule has 2 atom stereocenters. The Morgan fingerprint density at radius 1 is 1.38 bits per heavy atom. The molecule has 0 bridgehead atoms. The summed E-state index contributed by atoms with van der Waals surface area (Å²) in [6, 6.07) is 4.59. The number of halogens is 2. The summed E-state index contributed by atoms with van der Waals surface area (Å²) in [6.07, 6.45) is -0.321. The van der Waals surface area contributed by atoms with Crippen molar-refractivity contribution < 1.29 is 13.9 Å². The lowest BCUT2D eigenvalue weighted by Crippen LogP contribution is -2.35. The number of hydrogen-bond acceptors (Lipinski definition) is 3. The third-order valence-electron chi connectivity index (χ3n) is 4.16. The maximum Gasteiger partial charge on any atom is 0.410 e. The van der Waals surface area contributed by atoms with Gasteiger partial charge in [0.2, 0.25) is 0 Å². The highest BCUT2D eigenvalue weighted by Gasteiger charge is 2.37. The molecular formula is C17H21BrFN3O2. The highest BCUT2D eigenvalue weighted by atomic mass is 79.9. The fourth-order valence-electron chi connectivity index (χ4n) is 3.07. The Balaban J connectivity index is 1.88. The van der Waals surface area contributed by atoms with E-state index in [1.807, 2.05) is 25.5 Å². The SMILES string of the molecule is C[C@@H]1CN(C(=O)OC(C)(C)C)C[C@@H]1n1nc(Br)c2ccc(F)cc21. The summed E-state index contributed by atoms with van der Waals surface area (Å²) in [6.45, 7) is 8.70. The summed E-state index contributed by atoms with van der Waals surface area (Å²) >= 11 is 3.43. The van der Waals surface area contributed by atoms with E-state index in [0.29, 0.717) is 17.7 Å². The molecule has 1 amide bonds. The zero-order chi connectivity index (χ0) is 17.6. The fraction of sp³-hybridized carbons (Fsp3) is 0.529. The van der Waals surface area contributed by atoms with Gasteiger partial charge in [0.05, 0.1) is 11.6 Å². The highest BCUT2D eigenvalue weighted by molar-refractivity contribution is 9.10. The minimum Gasteiger partial charge on any atom is -0.444 e. The van der Waals surface area contributed by atoms with Crippen LogP contribution in [0, 0.1) is 11.7 Å². The van der Waals surface area contributed by atoms with E-state index in [9.17, 15) is 9.18 Å². The first-order valence-corrected chi connectivity index (χ1v) is 8.76. The summed E-state index contributed by atoms with van der Waals surface area (Å²) in [5, 5.41) is 5.38. The second-order valence-electron chi connectivity index (χ2n) is 7.33. The predicted octanol–water partition coefficient (Wildman–Crippen LogP) is 4.37. The van der Waals surface area contributed by atoms with Crippen molar-refractivity contribution in [1.29, 1.82) is 0 Å². The number of ether oxygens (including phenoxy) is 1. The number of nitrogens with zero attached hydrogens (tertiary/aromatic N) is 3. The Hall–Kier alpha value is -1.63. The van der Waals surface area contributed by atoms with E-state index in [0.717, 1.165) is 10.9 Å². The summed E-state index contributed by atoms with van der Waals surface area (Å²) in [5.74, 6) is -0.110. The number of rotatable bonds is 1.